The molecule has 0 aliphatic rings. The van der Waals surface area contributed by atoms with Crippen molar-refractivity contribution in [3.05, 3.63) is 52.2 Å². The van der Waals surface area contributed by atoms with Crippen LogP contribution in [0.1, 0.15) is 10.6 Å². The first-order valence-corrected chi connectivity index (χ1v) is 6.51. The minimum atomic E-state index is -0.317. The van der Waals surface area contributed by atoms with Crippen molar-refractivity contribution in [2.45, 2.75) is 12.8 Å². The smallest absolute Gasteiger partial charge is 0.224 e. The highest BCUT2D eigenvalue weighted by atomic mass is 32.1. The molecule has 0 fully saturated rings. The van der Waals surface area contributed by atoms with Crippen LogP contribution in [-0.4, -0.2) is 17.4 Å². The molecule has 0 bridgehead atoms. The number of amides is 1. The third kappa shape index (κ3) is 3.92. The van der Waals surface area contributed by atoms with E-state index in [1.807, 2.05) is 5.38 Å². The largest absolute Gasteiger partial charge is 0.355 e. The first-order valence-electron chi connectivity index (χ1n) is 5.63. The fourth-order valence-corrected chi connectivity index (χ4v) is 2.20. The van der Waals surface area contributed by atoms with Crippen LogP contribution in [0.3, 0.4) is 0 Å². The summed E-state index contributed by atoms with van der Waals surface area (Å²) in [6, 6.07) is 6.08. The van der Waals surface area contributed by atoms with Crippen LogP contribution in [0.25, 0.3) is 0 Å². The fraction of sp³-hybridized carbons (Fsp3) is 0.231. The Morgan fingerprint density at radius 2 is 2.33 bits per heavy atom. The molecule has 94 valence electrons. The number of rotatable bonds is 5. The zero-order valence-corrected chi connectivity index (χ0v) is 10.5. The average Bonchev–Trinajstić information content (AvgIpc) is 2.82. The van der Waals surface area contributed by atoms with Gasteiger partial charge in [-0.1, -0.05) is 12.1 Å². The number of halogens is 1. The molecule has 1 amide bonds. The summed E-state index contributed by atoms with van der Waals surface area (Å²) in [5, 5.41) is 5.70. The van der Waals surface area contributed by atoms with E-state index < -0.39 is 0 Å². The highest BCUT2D eigenvalue weighted by Gasteiger charge is 2.04. The van der Waals surface area contributed by atoms with E-state index >= 15 is 0 Å². The highest BCUT2D eigenvalue weighted by Crippen LogP contribution is 2.05. The van der Waals surface area contributed by atoms with Crippen LogP contribution in [0, 0.1) is 5.82 Å². The number of benzene rings is 1. The van der Waals surface area contributed by atoms with E-state index in [9.17, 15) is 9.18 Å². The van der Waals surface area contributed by atoms with Gasteiger partial charge in [-0.15, -0.1) is 11.3 Å². The lowest BCUT2D eigenvalue weighted by Gasteiger charge is -2.04. The van der Waals surface area contributed by atoms with Crippen LogP contribution in [0.5, 0.6) is 0 Å². The number of nitrogens with zero attached hydrogens (tertiary/aromatic N) is 1. The summed E-state index contributed by atoms with van der Waals surface area (Å²) in [5.41, 5.74) is 0.682. The molecule has 0 saturated heterocycles. The van der Waals surface area contributed by atoms with E-state index in [-0.39, 0.29) is 18.1 Å². The SMILES string of the molecule is O=C(Cc1cccc(F)c1)NCCc1nccs1. The second kappa shape index (κ2) is 6.26. The van der Waals surface area contributed by atoms with Crippen LogP contribution in [-0.2, 0) is 17.6 Å². The molecule has 1 N–H and O–H groups in total. The molecule has 1 heterocycles. The van der Waals surface area contributed by atoms with Crippen LogP contribution in [0.2, 0.25) is 0 Å². The van der Waals surface area contributed by atoms with Crippen molar-refractivity contribution >= 4 is 17.2 Å². The second-order valence-corrected chi connectivity index (χ2v) is 4.81. The van der Waals surface area contributed by atoms with Crippen molar-refractivity contribution in [1.82, 2.24) is 10.3 Å². The standard InChI is InChI=1S/C13H13FN2OS/c14-11-3-1-2-10(8-11)9-12(17)15-5-4-13-16-6-7-18-13/h1-3,6-8H,4-5,9H2,(H,15,17). The molecular weight excluding hydrogens is 251 g/mol. The van der Waals surface area contributed by atoms with Gasteiger partial charge in [0, 0.05) is 24.5 Å². The monoisotopic (exact) mass is 264 g/mol. The van der Waals surface area contributed by atoms with Gasteiger partial charge in [0.2, 0.25) is 5.91 Å². The predicted octanol–water partition coefficient (Wildman–Crippen LogP) is 2.18. The summed E-state index contributed by atoms with van der Waals surface area (Å²) in [6.45, 7) is 0.557. The molecule has 0 aliphatic heterocycles. The molecule has 0 aliphatic carbocycles. The van der Waals surface area contributed by atoms with Gasteiger partial charge in [0.1, 0.15) is 5.82 Å². The Morgan fingerprint density at radius 1 is 1.44 bits per heavy atom. The third-order valence-electron chi connectivity index (χ3n) is 2.40. The lowest BCUT2D eigenvalue weighted by molar-refractivity contribution is -0.120. The molecule has 1 aromatic carbocycles. The van der Waals surface area contributed by atoms with Crippen molar-refractivity contribution < 1.29 is 9.18 Å². The van der Waals surface area contributed by atoms with E-state index in [0.29, 0.717) is 12.1 Å². The summed E-state index contributed by atoms with van der Waals surface area (Å²) < 4.78 is 12.9. The van der Waals surface area contributed by atoms with Crippen molar-refractivity contribution in [1.29, 1.82) is 0 Å². The molecule has 2 rings (SSSR count). The van der Waals surface area contributed by atoms with Gasteiger partial charge >= 0.3 is 0 Å². The normalized spacial score (nSPS) is 10.3. The third-order valence-corrected chi connectivity index (χ3v) is 3.24. The zero-order chi connectivity index (χ0) is 12.8. The average molecular weight is 264 g/mol. The van der Waals surface area contributed by atoms with Crippen molar-refractivity contribution in [2.24, 2.45) is 0 Å². The molecule has 2 aromatic rings. The maximum atomic E-state index is 12.9. The summed E-state index contributed by atoms with van der Waals surface area (Å²) >= 11 is 1.57. The Kier molecular flexibility index (Phi) is 4.41. The van der Waals surface area contributed by atoms with Gasteiger partial charge in [-0.25, -0.2) is 9.37 Å². The van der Waals surface area contributed by atoms with Gasteiger partial charge in [0.15, 0.2) is 0 Å². The summed E-state index contributed by atoms with van der Waals surface area (Å²) in [5.74, 6) is -0.416. The minimum Gasteiger partial charge on any atom is -0.355 e. The number of carbonyl (C=O) groups is 1. The zero-order valence-electron chi connectivity index (χ0n) is 9.73. The molecule has 1 aromatic heterocycles. The summed E-state index contributed by atoms with van der Waals surface area (Å²) in [7, 11) is 0. The number of thiazole rings is 1. The molecule has 3 nitrogen and oxygen atoms in total. The van der Waals surface area contributed by atoms with Gasteiger partial charge in [-0.2, -0.15) is 0 Å². The lowest BCUT2D eigenvalue weighted by atomic mass is 10.1. The van der Waals surface area contributed by atoms with Gasteiger partial charge < -0.3 is 5.32 Å². The van der Waals surface area contributed by atoms with E-state index in [1.54, 1.807) is 29.7 Å². The fourth-order valence-electron chi connectivity index (χ4n) is 1.58. The van der Waals surface area contributed by atoms with Gasteiger partial charge in [0.05, 0.1) is 11.4 Å². The lowest BCUT2D eigenvalue weighted by Crippen LogP contribution is -2.27. The predicted molar refractivity (Wildman–Crippen MR) is 68.9 cm³/mol. The molecule has 0 atom stereocenters. The first-order chi connectivity index (χ1) is 8.74. The highest BCUT2D eigenvalue weighted by molar-refractivity contribution is 7.09. The molecule has 18 heavy (non-hydrogen) atoms. The summed E-state index contributed by atoms with van der Waals surface area (Å²) in [4.78, 5) is 15.7. The van der Waals surface area contributed by atoms with Gasteiger partial charge in [-0.05, 0) is 17.7 Å². The minimum absolute atomic E-state index is 0.0999. The first kappa shape index (κ1) is 12.7. The molecule has 0 unspecified atom stereocenters. The van der Waals surface area contributed by atoms with Crippen molar-refractivity contribution in [2.75, 3.05) is 6.54 Å². The Morgan fingerprint density at radius 3 is 3.06 bits per heavy atom. The quantitative estimate of drug-likeness (QED) is 0.899. The number of nitrogens with one attached hydrogen (secondary N) is 1. The molecule has 0 saturated carbocycles. The van der Waals surface area contributed by atoms with E-state index in [2.05, 4.69) is 10.3 Å². The Bertz CT molecular complexity index is 513. The van der Waals surface area contributed by atoms with Gasteiger partial charge in [-0.3, -0.25) is 4.79 Å². The Hall–Kier alpha value is -1.75. The van der Waals surface area contributed by atoms with Crippen LogP contribution >= 0.6 is 11.3 Å². The van der Waals surface area contributed by atoms with E-state index in [0.717, 1.165) is 11.4 Å². The molecular formula is C13H13FN2OS. The molecule has 5 heteroatoms. The van der Waals surface area contributed by atoms with Crippen LogP contribution in [0.4, 0.5) is 4.39 Å². The number of hydrogen-bond donors (Lipinski definition) is 1. The Balaban J connectivity index is 1.75. The summed E-state index contributed by atoms with van der Waals surface area (Å²) in [6.07, 6.45) is 2.68. The van der Waals surface area contributed by atoms with E-state index in [1.165, 1.54) is 12.1 Å². The van der Waals surface area contributed by atoms with Crippen molar-refractivity contribution in [3.8, 4) is 0 Å². The van der Waals surface area contributed by atoms with Gasteiger partial charge in [0.25, 0.3) is 0 Å². The molecule has 0 spiro atoms. The topological polar surface area (TPSA) is 42.0 Å². The maximum Gasteiger partial charge on any atom is 0.224 e. The molecule has 0 radical (unpaired) electrons. The maximum absolute atomic E-state index is 12.9. The van der Waals surface area contributed by atoms with Crippen molar-refractivity contribution in [3.63, 3.8) is 0 Å². The Labute approximate surface area is 109 Å². The number of aromatic nitrogens is 1. The number of hydrogen-bond acceptors (Lipinski definition) is 3. The van der Waals surface area contributed by atoms with E-state index in [4.69, 9.17) is 0 Å². The number of carbonyl (C=O) groups excluding carboxylic acids is 1. The van der Waals surface area contributed by atoms with Crippen LogP contribution < -0.4 is 5.32 Å². The second-order valence-electron chi connectivity index (χ2n) is 3.83. The van der Waals surface area contributed by atoms with Crippen LogP contribution in [0.15, 0.2) is 35.8 Å².